The highest BCUT2D eigenvalue weighted by atomic mass is 35.5. The molecule has 9 heteroatoms. The van der Waals surface area contributed by atoms with E-state index < -0.39 is 5.91 Å². The van der Waals surface area contributed by atoms with Gasteiger partial charge in [0, 0.05) is 24.8 Å². The van der Waals surface area contributed by atoms with Crippen molar-refractivity contribution in [1.82, 2.24) is 9.97 Å². The first-order valence-electron chi connectivity index (χ1n) is 9.77. The number of para-hydroxylation sites is 1. The van der Waals surface area contributed by atoms with E-state index in [1.54, 1.807) is 24.3 Å². The van der Waals surface area contributed by atoms with Crippen LogP contribution in [0.1, 0.15) is 28.8 Å². The number of amides is 2. The van der Waals surface area contributed by atoms with Gasteiger partial charge in [-0.05, 0) is 48.7 Å². The Balaban J connectivity index is 1.63. The van der Waals surface area contributed by atoms with Crippen LogP contribution in [-0.2, 0) is 11.2 Å². The number of primary amides is 1. The van der Waals surface area contributed by atoms with E-state index in [9.17, 15) is 9.59 Å². The average Bonchev–Trinajstić information content (AvgIpc) is 2.95. The lowest BCUT2D eigenvalue weighted by molar-refractivity contribution is -0.116. The molecular formula is C22H21ClN6O2. The summed E-state index contributed by atoms with van der Waals surface area (Å²) in [7, 11) is 1.85. The van der Waals surface area contributed by atoms with Crippen molar-refractivity contribution < 1.29 is 9.59 Å². The molecule has 8 nitrogen and oxygen atoms in total. The Bertz CT molecular complexity index is 1170. The van der Waals surface area contributed by atoms with Gasteiger partial charge < -0.3 is 21.3 Å². The molecular weight excluding hydrogens is 416 g/mol. The zero-order valence-corrected chi connectivity index (χ0v) is 17.6. The SMILES string of the molecule is CN(c1ccc2c(c1)CCCC(=O)N2)c1ncc(Cl)c(Nc2ccccc2C(N)=O)n1. The Hall–Kier alpha value is -3.65. The van der Waals surface area contributed by atoms with Gasteiger partial charge in [-0.25, -0.2) is 4.98 Å². The number of fused-ring (bicyclic) bond motifs is 1. The smallest absolute Gasteiger partial charge is 0.250 e. The molecule has 158 valence electrons. The summed E-state index contributed by atoms with van der Waals surface area (Å²) in [5.74, 6) is 0.255. The number of carbonyl (C=O) groups excluding carboxylic acids is 2. The summed E-state index contributed by atoms with van der Waals surface area (Å²) >= 11 is 6.29. The van der Waals surface area contributed by atoms with Gasteiger partial charge in [0.05, 0.1) is 17.4 Å². The Morgan fingerprint density at radius 1 is 1.23 bits per heavy atom. The standard InChI is InChI=1S/C22H21ClN6O2/c1-29(14-9-10-17-13(11-14)5-4-8-19(30)26-17)22-25-12-16(23)21(28-22)27-18-7-3-2-6-15(18)20(24)31/h2-3,6-7,9-12H,4-5,8H2,1H3,(H2,24,31)(H,26,30)(H,25,27,28). The molecule has 0 fully saturated rings. The maximum atomic E-state index is 11.8. The van der Waals surface area contributed by atoms with Crippen LogP contribution >= 0.6 is 11.6 Å². The second-order valence-corrected chi connectivity index (χ2v) is 7.61. The number of nitrogens with two attached hydrogens (primary N) is 1. The van der Waals surface area contributed by atoms with Crippen LogP contribution in [0, 0.1) is 0 Å². The Labute approximate surface area is 184 Å². The molecule has 0 unspecified atom stereocenters. The molecule has 0 saturated heterocycles. The van der Waals surface area contributed by atoms with Gasteiger partial charge in [-0.15, -0.1) is 0 Å². The van der Waals surface area contributed by atoms with E-state index in [4.69, 9.17) is 17.3 Å². The van der Waals surface area contributed by atoms with Crippen molar-refractivity contribution in [2.24, 2.45) is 5.73 Å². The Morgan fingerprint density at radius 2 is 2.03 bits per heavy atom. The number of hydrogen-bond donors (Lipinski definition) is 3. The minimum Gasteiger partial charge on any atom is -0.366 e. The lowest BCUT2D eigenvalue weighted by atomic mass is 10.1. The van der Waals surface area contributed by atoms with Crippen molar-refractivity contribution in [3.05, 3.63) is 64.8 Å². The minimum absolute atomic E-state index is 0.0350. The average molecular weight is 437 g/mol. The van der Waals surface area contributed by atoms with E-state index in [1.807, 2.05) is 30.1 Å². The zero-order valence-electron chi connectivity index (χ0n) is 16.9. The van der Waals surface area contributed by atoms with Crippen LogP contribution < -0.4 is 21.3 Å². The highest BCUT2D eigenvalue weighted by Crippen LogP contribution is 2.31. The number of benzene rings is 2. The summed E-state index contributed by atoms with van der Waals surface area (Å²) in [6, 6.07) is 12.7. The quantitative estimate of drug-likeness (QED) is 0.556. The van der Waals surface area contributed by atoms with Gasteiger partial charge in [0.2, 0.25) is 11.9 Å². The fourth-order valence-corrected chi connectivity index (χ4v) is 3.57. The molecule has 2 amide bonds. The lowest BCUT2D eigenvalue weighted by Crippen LogP contribution is -2.16. The van der Waals surface area contributed by atoms with Crippen LogP contribution in [0.2, 0.25) is 5.02 Å². The van der Waals surface area contributed by atoms with E-state index in [0.29, 0.717) is 34.5 Å². The van der Waals surface area contributed by atoms with E-state index in [2.05, 4.69) is 20.6 Å². The monoisotopic (exact) mass is 436 g/mol. The first-order valence-corrected chi connectivity index (χ1v) is 10.1. The van der Waals surface area contributed by atoms with Gasteiger partial charge in [-0.1, -0.05) is 23.7 Å². The molecule has 0 radical (unpaired) electrons. The molecule has 1 aromatic heterocycles. The molecule has 0 saturated carbocycles. The number of halogens is 1. The molecule has 4 rings (SSSR count). The number of rotatable bonds is 5. The number of carbonyl (C=O) groups is 2. The molecule has 0 atom stereocenters. The second-order valence-electron chi connectivity index (χ2n) is 7.20. The highest BCUT2D eigenvalue weighted by molar-refractivity contribution is 6.33. The maximum Gasteiger partial charge on any atom is 0.250 e. The molecule has 2 heterocycles. The molecule has 2 aromatic carbocycles. The summed E-state index contributed by atoms with van der Waals surface area (Å²) in [6.07, 6.45) is 3.63. The summed E-state index contributed by atoms with van der Waals surface area (Å²) < 4.78 is 0. The highest BCUT2D eigenvalue weighted by Gasteiger charge is 2.17. The Morgan fingerprint density at radius 3 is 2.84 bits per heavy atom. The third-order valence-electron chi connectivity index (χ3n) is 5.08. The van der Waals surface area contributed by atoms with Crippen LogP contribution in [0.5, 0.6) is 0 Å². The lowest BCUT2D eigenvalue weighted by Gasteiger charge is -2.20. The van der Waals surface area contributed by atoms with Gasteiger partial charge >= 0.3 is 0 Å². The summed E-state index contributed by atoms with van der Waals surface area (Å²) in [4.78, 5) is 34.2. The largest absolute Gasteiger partial charge is 0.366 e. The Kier molecular flexibility index (Phi) is 5.73. The number of hydrogen-bond acceptors (Lipinski definition) is 6. The fourth-order valence-electron chi connectivity index (χ4n) is 3.43. The third kappa shape index (κ3) is 4.44. The van der Waals surface area contributed by atoms with Crippen LogP contribution in [0.25, 0.3) is 0 Å². The topological polar surface area (TPSA) is 113 Å². The first-order chi connectivity index (χ1) is 14.9. The van der Waals surface area contributed by atoms with Crippen molar-refractivity contribution >= 4 is 52.2 Å². The van der Waals surface area contributed by atoms with Crippen molar-refractivity contribution in [3.63, 3.8) is 0 Å². The molecule has 1 aliphatic rings. The van der Waals surface area contributed by atoms with Crippen LogP contribution in [0.4, 0.5) is 28.8 Å². The predicted molar refractivity (Wildman–Crippen MR) is 121 cm³/mol. The summed E-state index contributed by atoms with van der Waals surface area (Å²) in [6.45, 7) is 0. The number of aryl methyl sites for hydroxylation is 1. The summed E-state index contributed by atoms with van der Waals surface area (Å²) in [5.41, 5.74) is 9.07. The van der Waals surface area contributed by atoms with Gasteiger partial charge in [0.1, 0.15) is 5.02 Å². The van der Waals surface area contributed by atoms with Crippen molar-refractivity contribution in [1.29, 1.82) is 0 Å². The number of nitrogens with zero attached hydrogens (tertiary/aromatic N) is 3. The predicted octanol–water partition coefficient (Wildman–Crippen LogP) is 4.02. The molecule has 0 spiro atoms. The van der Waals surface area contributed by atoms with Crippen molar-refractivity contribution in [2.45, 2.75) is 19.3 Å². The minimum atomic E-state index is -0.553. The normalized spacial score (nSPS) is 13.0. The number of anilines is 5. The number of aromatic nitrogens is 2. The third-order valence-corrected chi connectivity index (χ3v) is 5.35. The fraction of sp³-hybridized carbons (Fsp3) is 0.182. The maximum absolute atomic E-state index is 11.8. The molecule has 0 bridgehead atoms. The number of nitrogens with one attached hydrogen (secondary N) is 2. The molecule has 4 N–H and O–H groups in total. The van der Waals surface area contributed by atoms with E-state index >= 15 is 0 Å². The molecule has 3 aromatic rings. The zero-order chi connectivity index (χ0) is 22.0. The summed E-state index contributed by atoms with van der Waals surface area (Å²) in [5, 5.41) is 6.31. The van der Waals surface area contributed by atoms with Crippen molar-refractivity contribution in [2.75, 3.05) is 22.6 Å². The van der Waals surface area contributed by atoms with E-state index in [-0.39, 0.29) is 5.91 Å². The molecule has 1 aliphatic heterocycles. The van der Waals surface area contributed by atoms with Crippen molar-refractivity contribution in [3.8, 4) is 0 Å². The van der Waals surface area contributed by atoms with Gasteiger partial charge in [0.25, 0.3) is 5.91 Å². The van der Waals surface area contributed by atoms with Crippen LogP contribution in [0.3, 0.4) is 0 Å². The molecule has 31 heavy (non-hydrogen) atoms. The second kappa shape index (κ2) is 8.61. The van der Waals surface area contributed by atoms with E-state index in [1.165, 1.54) is 6.20 Å². The van der Waals surface area contributed by atoms with Gasteiger partial charge in [-0.2, -0.15) is 4.98 Å². The van der Waals surface area contributed by atoms with Gasteiger partial charge in [-0.3, -0.25) is 9.59 Å². The van der Waals surface area contributed by atoms with Crippen LogP contribution in [-0.4, -0.2) is 28.8 Å². The first kappa shape index (κ1) is 20.6. The molecule has 0 aliphatic carbocycles. The van der Waals surface area contributed by atoms with Gasteiger partial charge in [0.15, 0.2) is 5.82 Å². The van der Waals surface area contributed by atoms with Crippen LogP contribution in [0.15, 0.2) is 48.7 Å². The van der Waals surface area contributed by atoms with E-state index in [0.717, 1.165) is 29.8 Å².